The van der Waals surface area contributed by atoms with Gasteiger partial charge in [-0.15, -0.1) is 0 Å². The summed E-state index contributed by atoms with van der Waals surface area (Å²) in [6.45, 7) is 2.79. The third-order valence-electron chi connectivity index (χ3n) is 4.23. The van der Waals surface area contributed by atoms with Crippen LogP contribution in [0.15, 0.2) is 42.6 Å². The minimum atomic E-state index is 0.106. The lowest BCUT2D eigenvalue weighted by molar-refractivity contribution is 0.255. The zero-order valence-electron chi connectivity index (χ0n) is 12.3. The lowest BCUT2D eigenvalue weighted by Crippen LogP contribution is -2.31. The van der Waals surface area contributed by atoms with Crippen LogP contribution in [0.4, 0.5) is 0 Å². The van der Waals surface area contributed by atoms with Gasteiger partial charge in [-0.3, -0.25) is 16.3 Å². The minimum Gasteiger partial charge on any atom is -0.493 e. The summed E-state index contributed by atoms with van der Waals surface area (Å²) >= 11 is 0. The molecule has 0 amide bonds. The number of hydrogen-bond acceptors (Lipinski definition) is 4. The number of para-hydroxylation sites is 1. The molecule has 0 saturated heterocycles. The Morgan fingerprint density at radius 2 is 2.19 bits per heavy atom. The van der Waals surface area contributed by atoms with E-state index in [1.807, 2.05) is 31.3 Å². The number of hydrogen-bond donors (Lipinski definition) is 2. The number of ether oxygens (including phenoxy) is 1. The number of rotatable bonds is 4. The van der Waals surface area contributed by atoms with E-state index < -0.39 is 0 Å². The summed E-state index contributed by atoms with van der Waals surface area (Å²) < 4.78 is 5.73. The maximum atomic E-state index is 5.80. The van der Waals surface area contributed by atoms with Crippen molar-refractivity contribution >= 4 is 0 Å². The van der Waals surface area contributed by atoms with Crippen molar-refractivity contribution in [1.29, 1.82) is 0 Å². The first-order valence-electron chi connectivity index (χ1n) is 7.39. The van der Waals surface area contributed by atoms with E-state index >= 15 is 0 Å². The lowest BCUT2D eigenvalue weighted by atomic mass is 9.85. The first-order valence-corrected chi connectivity index (χ1v) is 7.39. The van der Waals surface area contributed by atoms with Gasteiger partial charge in [-0.25, -0.2) is 0 Å². The molecule has 2 atom stereocenters. The molecule has 1 aromatic carbocycles. The Labute approximate surface area is 125 Å². The standard InChI is InChI=1S/C17H21N3O/c1-12-14(6-4-9-19-12)16(20-18)11-13-8-10-21-17-7-3-2-5-15(13)17/h2-7,9,13,16,20H,8,10-11,18H2,1H3. The first kappa shape index (κ1) is 14.0. The highest BCUT2D eigenvalue weighted by atomic mass is 16.5. The van der Waals surface area contributed by atoms with E-state index in [4.69, 9.17) is 10.6 Å². The quantitative estimate of drug-likeness (QED) is 0.669. The molecule has 3 N–H and O–H groups in total. The average molecular weight is 283 g/mol. The van der Waals surface area contributed by atoms with E-state index in [-0.39, 0.29) is 6.04 Å². The van der Waals surface area contributed by atoms with Crippen LogP contribution in [-0.4, -0.2) is 11.6 Å². The molecule has 1 aliphatic heterocycles. The average Bonchev–Trinajstić information content (AvgIpc) is 2.53. The minimum absolute atomic E-state index is 0.106. The Hall–Kier alpha value is -1.91. The van der Waals surface area contributed by atoms with Crippen LogP contribution in [-0.2, 0) is 0 Å². The Morgan fingerprint density at radius 1 is 1.33 bits per heavy atom. The van der Waals surface area contributed by atoms with E-state index in [9.17, 15) is 0 Å². The summed E-state index contributed by atoms with van der Waals surface area (Å²) in [5, 5.41) is 0. The van der Waals surface area contributed by atoms with Gasteiger partial charge in [0.15, 0.2) is 0 Å². The van der Waals surface area contributed by atoms with Crippen LogP contribution in [0.5, 0.6) is 5.75 Å². The summed E-state index contributed by atoms with van der Waals surface area (Å²) in [5.41, 5.74) is 6.44. The number of benzene rings is 1. The fraction of sp³-hybridized carbons (Fsp3) is 0.353. The van der Waals surface area contributed by atoms with Gasteiger partial charge < -0.3 is 4.74 Å². The molecule has 110 valence electrons. The lowest BCUT2D eigenvalue weighted by Gasteiger charge is -2.29. The van der Waals surface area contributed by atoms with Crippen LogP contribution in [0.25, 0.3) is 0 Å². The van der Waals surface area contributed by atoms with Crippen molar-refractivity contribution < 1.29 is 4.74 Å². The topological polar surface area (TPSA) is 60.2 Å². The highest BCUT2D eigenvalue weighted by Crippen LogP contribution is 2.38. The third-order valence-corrected chi connectivity index (χ3v) is 4.23. The van der Waals surface area contributed by atoms with Crippen LogP contribution in [0, 0.1) is 6.92 Å². The highest BCUT2D eigenvalue weighted by molar-refractivity contribution is 5.38. The SMILES string of the molecule is Cc1ncccc1C(CC1CCOc2ccccc21)NN. The Bertz CT molecular complexity index is 614. The summed E-state index contributed by atoms with van der Waals surface area (Å²) in [5.74, 6) is 7.26. The van der Waals surface area contributed by atoms with Gasteiger partial charge in [-0.2, -0.15) is 0 Å². The van der Waals surface area contributed by atoms with Gasteiger partial charge in [-0.05, 0) is 48.9 Å². The monoisotopic (exact) mass is 283 g/mol. The number of fused-ring (bicyclic) bond motifs is 1. The van der Waals surface area contributed by atoms with Crippen LogP contribution in [0.3, 0.4) is 0 Å². The molecular formula is C17H21N3O. The molecule has 0 fully saturated rings. The Balaban J connectivity index is 1.84. The third kappa shape index (κ3) is 2.91. The normalized spacial score (nSPS) is 18.7. The van der Waals surface area contributed by atoms with E-state index in [2.05, 4.69) is 28.6 Å². The Morgan fingerprint density at radius 3 is 3.00 bits per heavy atom. The van der Waals surface area contributed by atoms with Crippen LogP contribution in [0.1, 0.15) is 41.6 Å². The molecular weight excluding hydrogens is 262 g/mol. The molecule has 4 heteroatoms. The second-order valence-corrected chi connectivity index (χ2v) is 5.50. The van der Waals surface area contributed by atoms with Crippen LogP contribution in [0.2, 0.25) is 0 Å². The second-order valence-electron chi connectivity index (χ2n) is 5.50. The van der Waals surface area contributed by atoms with Crippen molar-refractivity contribution in [3.8, 4) is 5.75 Å². The largest absolute Gasteiger partial charge is 0.493 e. The zero-order chi connectivity index (χ0) is 14.7. The summed E-state index contributed by atoms with van der Waals surface area (Å²) in [6.07, 6.45) is 3.79. The zero-order valence-corrected chi connectivity index (χ0v) is 12.3. The Kier molecular flexibility index (Phi) is 4.18. The predicted molar refractivity (Wildman–Crippen MR) is 83.0 cm³/mol. The molecule has 0 aliphatic carbocycles. The maximum absolute atomic E-state index is 5.80. The van der Waals surface area contributed by atoms with E-state index in [0.29, 0.717) is 5.92 Å². The molecule has 3 rings (SSSR count). The first-order chi connectivity index (χ1) is 10.3. The van der Waals surface area contributed by atoms with Gasteiger partial charge in [-0.1, -0.05) is 24.3 Å². The molecule has 0 bridgehead atoms. The molecule has 2 unspecified atom stereocenters. The summed E-state index contributed by atoms with van der Waals surface area (Å²) in [6, 6.07) is 12.5. The highest BCUT2D eigenvalue weighted by Gasteiger charge is 2.25. The molecule has 0 spiro atoms. The van der Waals surface area contributed by atoms with Gasteiger partial charge in [0.2, 0.25) is 0 Å². The number of pyridine rings is 1. The molecule has 1 aromatic heterocycles. The number of nitrogens with zero attached hydrogens (tertiary/aromatic N) is 1. The molecule has 0 saturated carbocycles. The maximum Gasteiger partial charge on any atom is 0.122 e. The van der Waals surface area contributed by atoms with E-state index in [1.165, 1.54) is 11.1 Å². The van der Waals surface area contributed by atoms with Gasteiger partial charge in [0.05, 0.1) is 6.61 Å². The number of aromatic nitrogens is 1. The van der Waals surface area contributed by atoms with Gasteiger partial charge in [0, 0.05) is 17.9 Å². The molecule has 2 heterocycles. The fourth-order valence-corrected chi connectivity index (χ4v) is 3.09. The number of aryl methyl sites for hydroxylation is 1. The van der Waals surface area contributed by atoms with Crippen molar-refractivity contribution in [3.63, 3.8) is 0 Å². The fourth-order valence-electron chi connectivity index (χ4n) is 3.09. The molecule has 2 aromatic rings. The van der Waals surface area contributed by atoms with Crippen molar-refractivity contribution in [3.05, 3.63) is 59.4 Å². The van der Waals surface area contributed by atoms with Crippen LogP contribution >= 0.6 is 0 Å². The second kappa shape index (κ2) is 6.24. The number of hydrazine groups is 1. The molecule has 4 nitrogen and oxygen atoms in total. The molecule has 0 radical (unpaired) electrons. The predicted octanol–water partition coefficient (Wildman–Crippen LogP) is 2.85. The van der Waals surface area contributed by atoms with Gasteiger partial charge in [0.1, 0.15) is 5.75 Å². The molecule has 21 heavy (non-hydrogen) atoms. The van der Waals surface area contributed by atoms with Crippen molar-refractivity contribution in [1.82, 2.24) is 10.4 Å². The number of nitrogens with one attached hydrogen (secondary N) is 1. The smallest absolute Gasteiger partial charge is 0.122 e. The van der Waals surface area contributed by atoms with Crippen LogP contribution < -0.4 is 16.0 Å². The van der Waals surface area contributed by atoms with E-state index in [1.54, 1.807) is 0 Å². The van der Waals surface area contributed by atoms with Crippen molar-refractivity contribution in [2.24, 2.45) is 5.84 Å². The molecule has 1 aliphatic rings. The summed E-state index contributed by atoms with van der Waals surface area (Å²) in [4.78, 5) is 4.37. The summed E-state index contributed by atoms with van der Waals surface area (Å²) in [7, 11) is 0. The van der Waals surface area contributed by atoms with Crippen molar-refractivity contribution in [2.45, 2.75) is 31.7 Å². The van der Waals surface area contributed by atoms with Gasteiger partial charge in [0.25, 0.3) is 0 Å². The van der Waals surface area contributed by atoms with Crippen molar-refractivity contribution in [2.75, 3.05) is 6.61 Å². The number of nitrogens with two attached hydrogens (primary N) is 1. The van der Waals surface area contributed by atoms with E-state index in [0.717, 1.165) is 30.9 Å². The van der Waals surface area contributed by atoms with Gasteiger partial charge >= 0.3 is 0 Å².